The number of amides is 1. The Bertz CT molecular complexity index is 395. The molecule has 1 aromatic rings. The molecule has 18 heavy (non-hydrogen) atoms. The zero-order valence-corrected chi connectivity index (χ0v) is 10.4. The van der Waals surface area contributed by atoms with Crippen molar-refractivity contribution in [2.75, 3.05) is 13.2 Å². The van der Waals surface area contributed by atoms with Gasteiger partial charge in [0.05, 0.1) is 12.4 Å². The summed E-state index contributed by atoms with van der Waals surface area (Å²) >= 11 is 0. The second-order valence-corrected chi connectivity index (χ2v) is 5.18. The van der Waals surface area contributed by atoms with Gasteiger partial charge in [-0.25, -0.2) is 0 Å². The van der Waals surface area contributed by atoms with Crippen LogP contribution in [0, 0.1) is 5.92 Å². The van der Waals surface area contributed by atoms with E-state index in [0.29, 0.717) is 12.0 Å². The van der Waals surface area contributed by atoms with Crippen LogP contribution in [0.25, 0.3) is 0 Å². The van der Waals surface area contributed by atoms with E-state index in [-0.39, 0.29) is 11.8 Å². The van der Waals surface area contributed by atoms with Gasteiger partial charge >= 0.3 is 0 Å². The summed E-state index contributed by atoms with van der Waals surface area (Å²) in [5.74, 6) is 1.51. The SMILES string of the molecule is O=C(NCC[C@@H]1CCCO1)[C@@H]1C[C@@H]1c1ccco1. The first-order chi connectivity index (χ1) is 8.84. The lowest BCUT2D eigenvalue weighted by Gasteiger charge is -2.09. The Morgan fingerprint density at radius 3 is 3.17 bits per heavy atom. The van der Waals surface area contributed by atoms with Crippen LogP contribution in [-0.2, 0) is 9.53 Å². The molecule has 4 heteroatoms. The second kappa shape index (κ2) is 5.14. The number of ether oxygens (including phenoxy) is 1. The average Bonchev–Trinajstić information content (AvgIpc) is 2.84. The largest absolute Gasteiger partial charge is 0.469 e. The van der Waals surface area contributed by atoms with Crippen molar-refractivity contribution in [3.05, 3.63) is 24.2 Å². The van der Waals surface area contributed by atoms with E-state index >= 15 is 0 Å². The van der Waals surface area contributed by atoms with Crippen LogP contribution in [0.15, 0.2) is 22.8 Å². The van der Waals surface area contributed by atoms with Gasteiger partial charge in [0.15, 0.2) is 0 Å². The van der Waals surface area contributed by atoms with Gasteiger partial charge in [0.2, 0.25) is 5.91 Å². The molecule has 0 bridgehead atoms. The van der Waals surface area contributed by atoms with E-state index in [1.165, 1.54) is 0 Å². The fourth-order valence-electron chi connectivity index (χ4n) is 2.66. The highest BCUT2D eigenvalue weighted by molar-refractivity contribution is 5.82. The number of carbonyl (C=O) groups is 1. The molecule has 3 rings (SSSR count). The van der Waals surface area contributed by atoms with Crippen molar-refractivity contribution in [2.24, 2.45) is 5.92 Å². The molecule has 98 valence electrons. The van der Waals surface area contributed by atoms with E-state index in [1.807, 2.05) is 12.1 Å². The molecule has 0 radical (unpaired) electrons. The number of hydrogen-bond donors (Lipinski definition) is 1. The summed E-state index contributed by atoms with van der Waals surface area (Å²) in [7, 11) is 0. The highest BCUT2D eigenvalue weighted by Crippen LogP contribution is 2.47. The summed E-state index contributed by atoms with van der Waals surface area (Å²) in [6.45, 7) is 1.60. The van der Waals surface area contributed by atoms with Crippen LogP contribution in [0.3, 0.4) is 0 Å². The molecule has 1 saturated carbocycles. The van der Waals surface area contributed by atoms with Gasteiger partial charge in [-0.2, -0.15) is 0 Å². The third-order valence-corrected chi connectivity index (χ3v) is 3.83. The summed E-state index contributed by atoms with van der Waals surface area (Å²) in [6, 6.07) is 3.82. The van der Waals surface area contributed by atoms with E-state index in [2.05, 4.69) is 5.32 Å². The highest BCUT2D eigenvalue weighted by atomic mass is 16.5. The van der Waals surface area contributed by atoms with E-state index < -0.39 is 0 Å². The van der Waals surface area contributed by atoms with Gasteiger partial charge in [0, 0.05) is 25.0 Å². The molecular formula is C14H19NO3. The minimum Gasteiger partial charge on any atom is -0.469 e. The molecule has 2 aliphatic rings. The molecule has 1 N–H and O–H groups in total. The predicted octanol–water partition coefficient (Wildman–Crippen LogP) is 2.07. The van der Waals surface area contributed by atoms with Crippen molar-refractivity contribution >= 4 is 5.91 Å². The summed E-state index contributed by atoms with van der Waals surface area (Å²) in [5, 5.41) is 3.00. The van der Waals surface area contributed by atoms with E-state index in [4.69, 9.17) is 9.15 Å². The highest BCUT2D eigenvalue weighted by Gasteiger charge is 2.45. The molecule has 1 aromatic heterocycles. The molecule has 1 saturated heterocycles. The number of hydrogen-bond acceptors (Lipinski definition) is 3. The van der Waals surface area contributed by atoms with Crippen molar-refractivity contribution in [3.63, 3.8) is 0 Å². The van der Waals surface area contributed by atoms with Crippen LogP contribution < -0.4 is 5.32 Å². The van der Waals surface area contributed by atoms with Gasteiger partial charge in [-0.1, -0.05) is 0 Å². The summed E-state index contributed by atoms with van der Waals surface area (Å²) in [5.41, 5.74) is 0. The lowest BCUT2D eigenvalue weighted by molar-refractivity contribution is -0.122. The lowest BCUT2D eigenvalue weighted by atomic mass is 10.2. The fourth-order valence-corrected chi connectivity index (χ4v) is 2.66. The first-order valence-electron chi connectivity index (χ1n) is 6.77. The molecule has 2 heterocycles. The van der Waals surface area contributed by atoms with Crippen LogP contribution in [0.5, 0.6) is 0 Å². The Morgan fingerprint density at radius 1 is 1.50 bits per heavy atom. The maximum Gasteiger partial charge on any atom is 0.223 e. The van der Waals surface area contributed by atoms with Crippen molar-refractivity contribution in [1.29, 1.82) is 0 Å². The van der Waals surface area contributed by atoms with E-state index in [0.717, 1.165) is 44.6 Å². The minimum atomic E-state index is 0.112. The van der Waals surface area contributed by atoms with Gasteiger partial charge in [-0.15, -0.1) is 0 Å². The van der Waals surface area contributed by atoms with Gasteiger partial charge in [-0.3, -0.25) is 4.79 Å². The smallest absolute Gasteiger partial charge is 0.223 e. The van der Waals surface area contributed by atoms with Gasteiger partial charge < -0.3 is 14.5 Å². The Hall–Kier alpha value is -1.29. The van der Waals surface area contributed by atoms with E-state index in [9.17, 15) is 4.79 Å². The Morgan fingerprint density at radius 2 is 2.44 bits per heavy atom. The summed E-state index contributed by atoms with van der Waals surface area (Å²) in [6.07, 6.45) is 6.16. The normalized spacial score (nSPS) is 30.3. The fraction of sp³-hybridized carbons (Fsp3) is 0.643. The lowest BCUT2D eigenvalue weighted by Crippen LogP contribution is -2.28. The number of carbonyl (C=O) groups excluding carboxylic acids is 1. The van der Waals surface area contributed by atoms with Gasteiger partial charge in [0.25, 0.3) is 0 Å². The van der Waals surface area contributed by atoms with Gasteiger partial charge in [0.1, 0.15) is 5.76 Å². The molecule has 0 aromatic carbocycles. The van der Waals surface area contributed by atoms with Crippen LogP contribution in [0.2, 0.25) is 0 Å². The first-order valence-corrected chi connectivity index (χ1v) is 6.77. The monoisotopic (exact) mass is 249 g/mol. The van der Waals surface area contributed by atoms with Crippen LogP contribution in [-0.4, -0.2) is 25.2 Å². The minimum absolute atomic E-state index is 0.112. The van der Waals surface area contributed by atoms with Crippen molar-refractivity contribution < 1.29 is 13.9 Å². The maximum absolute atomic E-state index is 11.9. The predicted molar refractivity (Wildman–Crippen MR) is 66.2 cm³/mol. The molecular weight excluding hydrogens is 230 g/mol. The van der Waals surface area contributed by atoms with E-state index in [1.54, 1.807) is 6.26 Å². The summed E-state index contributed by atoms with van der Waals surface area (Å²) in [4.78, 5) is 11.9. The number of furan rings is 1. The van der Waals surface area contributed by atoms with Crippen molar-refractivity contribution in [2.45, 2.75) is 37.7 Å². The molecule has 1 amide bonds. The third kappa shape index (κ3) is 2.58. The third-order valence-electron chi connectivity index (χ3n) is 3.83. The topological polar surface area (TPSA) is 51.5 Å². The molecule has 0 unspecified atom stereocenters. The molecule has 2 fully saturated rings. The molecule has 0 spiro atoms. The zero-order valence-electron chi connectivity index (χ0n) is 10.4. The zero-order chi connectivity index (χ0) is 12.4. The number of nitrogens with one attached hydrogen (secondary N) is 1. The molecule has 3 atom stereocenters. The second-order valence-electron chi connectivity index (χ2n) is 5.18. The van der Waals surface area contributed by atoms with Crippen LogP contribution >= 0.6 is 0 Å². The molecule has 1 aliphatic carbocycles. The Kier molecular flexibility index (Phi) is 3.37. The average molecular weight is 249 g/mol. The molecule has 1 aliphatic heterocycles. The maximum atomic E-state index is 11.9. The molecule has 4 nitrogen and oxygen atoms in total. The van der Waals surface area contributed by atoms with Crippen LogP contribution in [0.4, 0.5) is 0 Å². The van der Waals surface area contributed by atoms with Crippen molar-refractivity contribution in [1.82, 2.24) is 5.32 Å². The number of rotatable bonds is 5. The summed E-state index contributed by atoms with van der Waals surface area (Å²) < 4.78 is 10.8. The first kappa shape index (κ1) is 11.8. The standard InChI is InChI=1S/C14H19NO3/c16-14(15-6-5-10-3-1-7-17-10)12-9-11(12)13-4-2-8-18-13/h2,4,8,10-12H,1,3,5-7,9H2,(H,15,16)/t10-,11-,12+/m0/s1. The quantitative estimate of drug-likeness (QED) is 0.869. The van der Waals surface area contributed by atoms with Crippen LogP contribution in [0.1, 0.15) is 37.4 Å². The van der Waals surface area contributed by atoms with Gasteiger partial charge in [-0.05, 0) is 37.8 Å². The Labute approximate surface area is 107 Å². The van der Waals surface area contributed by atoms with Crippen molar-refractivity contribution in [3.8, 4) is 0 Å². The Balaban J connectivity index is 1.38.